The maximum Gasteiger partial charge on any atom is 0.264 e. The third-order valence-corrected chi connectivity index (χ3v) is 6.93. The molecule has 1 amide bonds. The number of sulfonamides is 1. The zero-order chi connectivity index (χ0) is 21.8. The number of nitrogens with zero attached hydrogens (tertiary/aromatic N) is 1. The molecule has 1 atom stereocenters. The second-order valence-electron chi connectivity index (χ2n) is 7.36. The van der Waals surface area contributed by atoms with E-state index in [0.29, 0.717) is 55.7 Å². The lowest BCUT2D eigenvalue weighted by atomic mass is 10.2. The van der Waals surface area contributed by atoms with Gasteiger partial charge in [0.15, 0.2) is 0 Å². The minimum atomic E-state index is -3.99. The van der Waals surface area contributed by atoms with E-state index < -0.39 is 16.1 Å². The Kier molecular flexibility index (Phi) is 6.66. The average molecular weight is 466 g/mol. The Hall–Kier alpha value is -2.33. The Balaban J connectivity index is 1.67. The van der Waals surface area contributed by atoms with E-state index in [2.05, 4.69) is 10.0 Å². The smallest absolute Gasteiger partial charge is 0.264 e. The molecular formula is C21H24ClN3O5S. The molecule has 2 saturated heterocycles. The maximum absolute atomic E-state index is 13.3. The molecule has 31 heavy (non-hydrogen) atoms. The highest BCUT2D eigenvalue weighted by molar-refractivity contribution is 7.93. The van der Waals surface area contributed by atoms with Gasteiger partial charge in [0.1, 0.15) is 11.0 Å². The summed E-state index contributed by atoms with van der Waals surface area (Å²) < 4.78 is 40.1. The molecule has 0 saturated carbocycles. The Bertz CT molecular complexity index is 1050. The quantitative estimate of drug-likeness (QED) is 0.680. The molecule has 2 aliphatic rings. The van der Waals surface area contributed by atoms with Gasteiger partial charge >= 0.3 is 0 Å². The molecule has 0 spiro atoms. The molecule has 10 heteroatoms. The normalized spacial score (nSPS) is 19.3. The van der Waals surface area contributed by atoms with E-state index >= 15 is 0 Å². The van der Waals surface area contributed by atoms with Crippen molar-refractivity contribution in [3.8, 4) is 0 Å². The van der Waals surface area contributed by atoms with Crippen molar-refractivity contribution in [2.75, 3.05) is 47.8 Å². The number of nitrogens with one attached hydrogen (secondary N) is 2. The fraction of sp³-hybridized carbons (Fsp3) is 0.381. The summed E-state index contributed by atoms with van der Waals surface area (Å²) in [7, 11) is -3.99. The predicted octanol–water partition coefficient (Wildman–Crippen LogP) is 3.09. The Morgan fingerprint density at radius 3 is 2.58 bits per heavy atom. The summed E-state index contributed by atoms with van der Waals surface area (Å²) in [5, 5.41) is 3.07. The van der Waals surface area contributed by atoms with Crippen molar-refractivity contribution in [1.29, 1.82) is 0 Å². The first-order chi connectivity index (χ1) is 14.9. The van der Waals surface area contributed by atoms with Crippen molar-refractivity contribution in [2.24, 2.45) is 0 Å². The molecule has 0 radical (unpaired) electrons. The summed E-state index contributed by atoms with van der Waals surface area (Å²) in [4.78, 5) is 14.5. The molecule has 2 aromatic carbocycles. The Labute approximate surface area is 186 Å². The van der Waals surface area contributed by atoms with Gasteiger partial charge in [0, 0.05) is 25.4 Å². The van der Waals surface area contributed by atoms with Crippen molar-refractivity contribution >= 4 is 44.6 Å². The molecule has 0 bridgehead atoms. The van der Waals surface area contributed by atoms with E-state index in [-0.39, 0.29) is 16.5 Å². The fourth-order valence-corrected chi connectivity index (χ4v) is 5.19. The number of morpholine rings is 1. The number of rotatable bonds is 6. The summed E-state index contributed by atoms with van der Waals surface area (Å²) in [6.07, 6.45) is 0.965. The van der Waals surface area contributed by atoms with Crippen molar-refractivity contribution in [3.05, 3.63) is 47.5 Å². The lowest BCUT2D eigenvalue weighted by molar-refractivity contribution is -0.124. The average Bonchev–Trinajstić information content (AvgIpc) is 3.31. The van der Waals surface area contributed by atoms with Crippen LogP contribution in [-0.2, 0) is 24.3 Å². The highest BCUT2D eigenvalue weighted by Gasteiger charge is 2.27. The van der Waals surface area contributed by atoms with Crippen LogP contribution in [-0.4, -0.2) is 53.3 Å². The standard InChI is InChI=1S/C21H24ClN3O5S/c22-16-4-1-2-5-17(16)24-31(27,28)20-14-15(23-21(26)19-6-3-11-30-19)7-8-18(20)25-9-12-29-13-10-25/h1-2,4-5,7-8,14,19,24H,3,6,9-13H2,(H,23,26). The van der Waals surface area contributed by atoms with Crippen LogP contribution in [0.2, 0.25) is 5.02 Å². The van der Waals surface area contributed by atoms with Gasteiger partial charge < -0.3 is 19.7 Å². The zero-order valence-corrected chi connectivity index (χ0v) is 18.4. The first-order valence-corrected chi connectivity index (χ1v) is 12.0. The lowest BCUT2D eigenvalue weighted by Gasteiger charge is -2.30. The fourth-order valence-electron chi connectivity index (χ4n) is 3.62. The molecule has 2 N–H and O–H groups in total. The van der Waals surface area contributed by atoms with Gasteiger partial charge in [-0.15, -0.1) is 0 Å². The van der Waals surface area contributed by atoms with Crippen molar-refractivity contribution < 1.29 is 22.7 Å². The van der Waals surface area contributed by atoms with Gasteiger partial charge in [0.05, 0.1) is 29.6 Å². The maximum atomic E-state index is 13.3. The van der Waals surface area contributed by atoms with Gasteiger partial charge in [-0.2, -0.15) is 0 Å². The van der Waals surface area contributed by atoms with Gasteiger partial charge in [0.25, 0.3) is 15.9 Å². The summed E-state index contributed by atoms with van der Waals surface area (Å²) in [5.74, 6) is -0.279. The minimum absolute atomic E-state index is 0.0551. The van der Waals surface area contributed by atoms with E-state index in [1.54, 1.807) is 36.4 Å². The van der Waals surface area contributed by atoms with E-state index in [1.807, 2.05) is 4.90 Å². The number of carbonyl (C=O) groups is 1. The van der Waals surface area contributed by atoms with Crippen LogP contribution in [0.15, 0.2) is 47.4 Å². The van der Waals surface area contributed by atoms with Gasteiger partial charge in [0.2, 0.25) is 0 Å². The third kappa shape index (κ3) is 5.12. The molecule has 8 nitrogen and oxygen atoms in total. The molecule has 2 fully saturated rings. The van der Waals surface area contributed by atoms with E-state index in [9.17, 15) is 13.2 Å². The van der Waals surface area contributed by atoms with Crippen LogP contribution < -0.4 is 14.9 Å². The monoisotopic (exact) mass is 465 g/mol. The van der Waals surface area contributed by atoms with Crippen LogP contribution in [0.4, 0.5) is 17.1 Å². The van der Waals surface area contributed by atoms with Crippen molar-refractivity contribution in [1.82, 2.24) is 0 Å². The molecule has 0 aromatic heterocycles. The van der Waals surface area contributed by atoms with Gasteiger partial charge in [-0.1, -0.05) is 23.7 Å². The molecule has 2 aromatic rings. The number of hydrogen-bond acceptors (Lipinski definition) is 6. The molecule has 2 aliphatic heterocycles. The summed E-state index contributed by atoms with van der Waals surface area (Å²) in [6, 6.07) is 11.5. The third-order valence-electron chi connectivity index (χ3n) is 5.21. The van der Waals surface area contributed by atoms with Crippen molar-refractivity contribution in [3.63, 3.8) is 0 Å². The number of anilines is 3. The van der Waals surface area contributed by atoms with Crippen molar-refractivity contribution in [2.45, 2.75) is 23.8 Å². The van der Waals surface area contributed by atoms with Gasteiger partial charge in [-0.05, 0) is 43.2 Å². The molecule has 0 aliphatic carbocycles. The highest BCUT2D eigenvalue weighted by atomic mass is 35.5. The van der Waals surface area contributed by atoms with Crippen LogP contribution in [0.5, 0.6) is 0 Å². The second-order valence-corrected chi connectivity index (χ2v) is 9.42. The summed E-state index contributed by atoms with van der Waals surface area (Å²) >= 11 is 6.15. The Morgan fingerprint density at radius 1 is 1.10 bits per heavy atom. The largest absolute Gasteiger partial charge is 0.378 e. The predicted molar refractivity (Wildman–Crippen MR) is 119 cm³/mol. The zero-order valence-electron chi connectivity index (χ0n) is 16.8. The number of ether oxygens (including phenoxy) is 2. The number of hydrogen-bond donors (Lipinski definition) is 2. The first kappa shape index (κ1) is 21.9. The van der Waals surface area contributed by atoms with Crippen LogP contribution in [0.3, 0.4) is 0 Å². The molecule has 2 heterocycles. The highest BCUT2D eigenvalue weighted by Crippen LogP contribution is 2.32. The van der Waals surface area contributed by atoms with Crippen LogP contribution in [0.25, 0.3) is 0 Å². The number of halogens is 1. The van der Waals surface area contributed by atoms with Crippen LogP contribution >= 0.6 is 11.6 Å². The minimum Gasteiger partial charge on any atom is -0.378 e. The number of amides is 1. The number of para-hydroxylation sites is 1. The summed E-state index contributed by atoms with van der Waals surface area (Å²) in [5.41, 5.74) is 1.21. The van der Waals surface area contributed by atoms with E-state index in [1.165, 1.54) is 6.07 Å². The Morgan fingerprint density at radius 2 is 1.87 bits per heavy atom. The molecular weight excluding hydrogens is 442 g/mol. The van der Waals surface area contributed by atoms with E-state index in [4.69, 9.17) is 21.1 Å². The lowest BCUT2D eigenvalue weighted by Crippen LogP contribution is -2.37. The van der Waals surface area contributed by atoms with Crippen LogP contribution in [0, 0.1) is 0 Å². The molecule has 166 valence electrons. The van der Waals surface area contributed by atoms with Gasteiger partial charge in [-0.25, -0.2) is 8.42 Å². The second kappa shape index (κ2) is 9.44. The SMILES string of the molecule is O=C(Nc1ccc(N2CCOCC2)c(S(=O)(=O)Nc2ccccc2Cl)c1)C1CCCO1. The number of benzene rings is 2. The van der Waals surface area contributed by atoms with Crippen LogP contribution in [0.1, 0.15) is 12.8 Å². The van der Waals surface area contributed by atoms with E-state index in [0.717, 1.165) is 6.42 Å². The topological polar surface area (TPSA) is 97.0 Å². The molecule has 4 rings (SSSR count). The number of carbonyl (C=O) groups excluding carboxylic acids is 1. The molecule has 1 unspecified atom stereocenters. The first-order valence-electron chi connectivity index (χ1n) is 10.1. The van der Waals surface area contributed by atoms with Gasteiger partial charge in [-0.3, -0.25) is 9.52 Å². The summed E-state index contributed by atoms with van der Waals surface area (Å²) in [6.45, 7) is 2.70.